The van der Waals surface area contributed by atoms with Crippen molar-refractivity contribution < 1.29 is 9.66 Å². The van der Waals surface area contributed by atoms with Crippen molar-refractivity contribution in [1.82, 2.24) is 4.98 Å². The maximum Gasteiger partial charge on any atom is 0.278 e. The van der Waals surface area contributed by atoms with Gasteiger partial charge in [-0.25, -0.2) is 4.98 Å². The minimum absolute atomic E-state index is 0.00796. The Morgan fingerprint density at radius 2 is 2.41 bits per heavy atom. The molecule has 0 unspecified atom stereocenters. The largest absolute Gasteiger partial charge is 0.487 e. The van der Waals surface area contributed by atoms with Gasteiger partial charge in [-0.3, -0.25) is 10.1 Å². The summed E-state index contributed by atoms with van der Waals surface area (Å²) in [5, 5.41) is 14.0. The van der Waals surface area contributed by atoms with E-state index in [1.807, 2.05) is 6.92 Å². The number of hydrogen-bond donors (Lipinski definition) is 1. The van der Waals surface area contributed by atoms with Crippen molar-refractivity contribution in [2.45, 2.75) is 13.3 Å². The first kappa shape index (κ1) is 13.3. The SMILES string of the molecule is CCOC(=S)Cc1c([N+](=O)[O-])ccnc1NC. The summed E-state index contributed by atoms with van der Waals surface area (Å²) < 4.78 is 5.13. The maximum absolute atomic E-state index is 10.9. The summed E-state index contributed by atoms with van der Waals surface area (Å²) >= 11 is 4.99. The Hall–Kier alpha value is -1.76. The van der Waals surface area contributed by atoms with Crippen molar-refractivity contribution in [3.63, 3.8) is 0 Å². The third-order valence-corrected chi connectivity index (χ3v) is 2.35. The molecule has 1 heterocycles. The van der Waals surface area contributed by atoms with Gasteiger partial charge in [0, 0.05) is 19.3 Å². The van der Waals surface area contributed by atoms with E-state index >= 15 is 0 Å². The Morgan fingerprint density at radius 1 is 1.71 bits per heavy atom. The number of anilines is 1. The van der Waals surface area contributed by atoms with Crippen LogP contribution in [0.3, 0.4) is 0 Å². The lowest BCUT2D eigenvalue weighted by Gasteiger charge is -2.09. The number of rotatable bonds is 5. The molecule has 1 N–H and O–H groups in total. The standard InChI is InChI=1S/C10H13N3O3S/c1-3-16-9(17)6-7-8(13(14)15)4-5-12-10(7)11-2/h4-5H,3,6H2,1-2H3,(H,11,12). The molecule has 0 aliphatic rings. The van der Waals surface area contributed by atoms with Crippen molar-refractivity contribution in [1.29, 1.82) is 0 Å². The van der Waals surface area contributed by atoms with E-state index in [4.69, 9.17) is 17.0 Å². The highest BCUT2D eigenvalue weighted by Gasteiger charge is 2.19. The molecule has 0 aliphatic carbocycles. The highest BCUT2D eigenvalue weighted by molar-refractivity contribution is 7.80. The molecule has 0 atom stereocenters. The predicted molar refractivity (Wildman–Crippen MR) is 68.4 cm³/mol. The molecule has 0 saturated heterocycles. The number of aromatic nitrogens is 1. The van der Waals surface area contributed by atoms with E-state index in [0.29, 0.717) is 23.0 Å². The van der Waals surface area contributed by atoms with Gasteiger partial charge in [-0.05, 0) is 19.1 Å². The first-order chi connectivity index (χ1) is 8.10. The lowest BCUT2D eigenvalue weighted by atomic mass is 10.1. The van der Waals surface area contributed by atoms with Crippen LogP contribution in [0.15, 0.2) is 12.3 Å². The Kier molecular flexibility index (Phi) is 4.77. The molecule has 0 fully saturated rings. The van der Waals surface area contributed by atoms with Crippen molar-refractivity contribution in [3.8, 4) is 0 Å². The van der Waals surface area contributed by atoms with Crippen molar-refractivity contribution in [2.75, 3.05) is 19.0 Å². The zero-order valence-corrected chi connectivity index (χ0v) is 10.4. The molecule has 0 aromatic carbocycles. The molecule has 0 bridgehead atoms. The lowest BCUT2D eigenvalue weighted by Crippen LogP contribution is -2.10. The van der Waals surface area contributed by atoms with Gasteiger partial charge < -0.3 is 10.1 Å². The van der Waals surface area contributed by atoms with Gasteiger partial charge in [0.05, 0.1) is 23.5 Å². The minimum atomic E-state index is -0.452. The van der Waals surface area contributed by atoms with Gasteiger partial charge in [-0.1, -0.05) is 0 Å². The quantitative estimate of drug-likeness (QED) is 0.492. The summed E-state index contributed by atoms with van der Waals surface area (Å²) in [6, 6.07) is 1.35. The van der Waals surface area contributed by atoms with Gasteiger partial charge >= 0.3 is 0 Å². The molecule has 6 nitrogen and oxygen atoms in total. The molecular formula is C10H13N3O3S. The van der Waals surface area contributed by atoms with E-state index in [-0.39, 0.29) is 12.1 Å². The number of thiocarbonyl (C=S) groups is 1. The van der Waals surface area contributed by atoms with E-state index in [1.165, 1.54) is 12.3 Å². The van der Waals surface area contributed by atoms with Crippen LogP contribution in [0.1, 0.15) is 12.5 Å². The Morgan fingerprint density at radius 3 is 2.94 bits per heavy atom. The zero-order chi connectivity index (χ0) is 12.8. The molecule has 1 aromatic rings. The molecule has 0 radical (unpaired) electrons. The Bertz CT molecular complexity index is 437. The predicted octanol–water partition coefficient (Wildman–Crippen LogP) is 1.94. The first-order valence-electron chi connectivity index (χ1n) is 5.05. The molecule has 1 rings (SSSR count). The van der Waals surface area contributed by atoms with Crippen LogP contribution in [0.4, 0.5) is 11.5 Å². The van der Waals surface area contributed by atoms with Crippen molar-refractivity contribution in [3.05, 3.63) is 27.9 Å². The smallest absolute Gasteiger partial charge is 0.278 e. The summed E-state index contributed by atoms with van der Waals surface area (Å²) in [4.78, 5) is 14.5. The van der Waals surface area contributed by atoms with Crippen LogP contribution in [0.5, 0.6) is 0 Å². The number of ether oxygens (including phenoxy) is 1. The Labute approximate surface area is 104 Å². The number of nitro groups is 1. The van der Waals surface area contributed by atoms with E-state index < -0.39 is 4.92 Å². The van der Waals surface area contributed by atoms with Gasteiger partial charge in [0.1, 0.15) is 5.82 Å². The van der Waals surface area contributed by atoms with Crippen LogP contribution >= 0.6 is 12.2 Å². The molecule has 92 valence electrons. The molecule has 1 aromatic heterocycles. The molecule has 0 saturated carbocycles. The van der Waals surface area contributed by atoms with Gasteiger partial charge in [0.25, 0.3) is 5.69 Å². The van der Waals surface area contributed by atoms with Crippen LogP contribution in [-0.2, 0) is 11.2 Å². The van der Waals surface area contributed by atoms with Gasteiger partial charge in [0.15, 0.2) is 5.05 Å². The topological polar surface area (TPSA) is 77.3 Å². The fraction of sp³-hybridized carbons (Fsp3) is 0.400. The second kappa shape index (κ2) is 6.09. The second-order valence-corrected chi connectivity index (χ2v) is 3.60. The number of nitrogens with one attached hydrogen (secondary N) is 1. The summed E-state index contributed by atoms with van der Waals surface area (Å²) in [6.45, 7) is 2.25. The average Bonchev–Trinajstić information content (AvgIpc) is 2.29. The third-order valence-electron chi connectivity index (χ3n) is 2.09. The number of nitrogens with zero attached hydrogens (tertiary/aromatic N) is 2. The normalized spacial score (nSPS) is 9.76. The first-order valence-corrected chi connectivity index (χ1v) is 5.46. The highest BCUT2D eigenvalue weighted by Crippen LogP contribution is 2.24. The molecule has 17 heavy (non-hydrogen) atoms. The van der Waals surface area contributed by atoms with Gasteiger partial charge in [-0.15, -0.1) is 0 Å². The lowest BCUT2D eigenvalue weighted by molar-refractivity contribution is -0.385. The van der Waals surface area contributed by atoms with E-state index in [1.54, 1.807) is 7.05 Å². The van der Waals surface area contributed by atoms with Crippen LogP contribution < -0.4 is 5.32 Å². The van der Waals surface area contributed by atoms with E-state index in [0.717, 1.165) is 0 Å². The number of hydrogen-bond acceptors (Lipinski definition) is 6. The van der Waals surface area contributed by atoms with Crippen LogP contribution in [-0.4, -0.2) is 28.6 Å². The summed E-state index contributed by atoms with van der Waals surface area (Å²) in [5.74, 6) is 0.446. The molecule has 0 amide bonds. The van der Waals surface area contributed by atoms with Gasteiger partial charge in [-0.2, -0.15) is 0 Å². The van der Waals surface area contributed by atoms with Gasteiger partial charge in [0.2, 0.25) is 0 Å². The number of pyridine rings is 1. The average molecular weight is 255 g/mol. The van der Waals surface area contributed by atoms with Crippen LogP contribution in [0.2, 0.25) is 0 Å². The van der Waals surface area contributed by atoms with Crippen molar-refractivity contribution in [2.24, 2.45) is 0 Å². The summed E-state index contributed by atoms with van der Waals surface area (Å²) in [7, 11) is 1.65. The fourth-order valence-corrected chi connectivity index (χ4v) is 1.66. The zero-order valence-electron chi connectivity index (χ0n) is 9.60. The van der Waals surface area contributed by atoms with E-state index in [9.17, 15) is 10.1 Å². The van der Waals surface area contributed by atoms with E-state index in [2.05, 4.69) is 10.3 Å². The molecular weight excluding hydrogens is 242 g/mol. The minimum Gasteiger partial charge on any atom is -0.487 e. The molecule has 7 heteroatoms. The monoisotopic (exact) mass is 255 g/mol. The molecule has 0 spiro atoms. The third kappa shape index (κ3) is 3.35. The highest BCUT2D eigenvalue weighted by atomic mass is 32.1. The maximum atomic E-state index is 10.9. The molecule has 0 aliphatic heterocycles. The fourth-order valence-electron chi connectivity index (χ4n) is 1.40. The van der Waals surface area contributed by atoms with Crippen LogP contribution in [0.25, 0.3) is 0 Å². The Balaban J connectivity index is 3.09. The summed E-state index contributed by atoms with van der Waals surface area (Å²) in [5.41, 5.74) is 0.435. The second-order valence-electron chi connectivity index (χ2n) is 3.15. The van der Waals surface area contributed by atoms with Crippen molar-refractivity contribution >= 4 is 28.8 Å². The van der Waals surface area contributed by atoms with Crippen LogP contribution in [0, 0.1) is 10.1 Å². The summed E-state index contributed by atoms with van der Waals surface area (Å²) in [6.07, 6.45) is 1.58.